The average molecular weight is 213 g/mol. The molecule has 0 fully saturated rings. The number of sulfone groups is 1. The average Bonchev–Trinajstić information content (AvgIpc) is 2.14. The molecule has 0 bridgehead atoms. The van der Waals surface area contributed by atoms with Crippen molar-refractivity contribution in [1.29, 1.82) is 0 Å². The van der Waals surface area contributed by atoms with Gasteiger partial charge < -0.3 is 5.32 Å². The van der Waals surface area contributed by atoms with Gasteiger partial charge >= 0.3 is 0 Å². The molecule has 0 saturated carbocycles. The molecule has 4 heteroatoms. The SMILES string of the molecule is CCCNc1ccc(S(C)(=O)=O)cc1. The van der Waals surface area contributed by atoms with Crippen LogP contribution < -0.4 is 5.32 Å². The van der Waals surface area contributed by atoms with Crippen LogP contribution in [-0.2, 0) is 9.84 Å². The summed E-state index contributed by atoms with van der Waals surface area (Å²) in [5, 5.41) is 3.18. The maximum absolute atomic E-state index is 11.1. The van der Waals surface area contributed by atoms with E-state index in [2.05, 4.69) is 12.2 Å². The van der Waals surface area contributed by atoms with Crippen LogP contribution in [0.4, 0.5) is 5.69 Å². The van der Waals surface area contributed by atoms with Gasteiger partial charge in [0.15, 0.2) is 9.84 Å². The highest BCUT2D eigenvalue weighted by Gasteiger charge is 2.05. The molecule has 0 aliphatic carbocycles. The molecule has 14 heavy (non-hydrogen) atoms. The summed E-state index contributed by atoms with van der Waals surface area (Å²) in [5.74, 6) is 0. The molecule has 0 atom stereocenters. The van der Waals surface area contributed by atoms with Crippen LogP contribution in [0.3, 0.4) is 0 Å². The van der Waals surface area contributed by atoms with Gasteiger partial charge in [-0.25, -0.2) is 8.42 Å². The molecule has 0 spiro atoms. The highest BCUT2D eigenvalue weighted by molar-refractivity contribution is 7.90. The summed E-state index contributed by atoms with van der Waals surface area (Å²) in [4.78, 5) is 0.361. The lowest BCUT2D eigenvalue weighted by atomic mass is 10.3. The Hall–Kier alpha value is -1.03. The van der Waals surface area contributed by atoms with Crippen LogP contribution in [0.15, 0.2) is 29.2 Å². The number of anilines is 1. The van der Waals surface area contributed by atoms with E-state index >= 15 is 0 Å². The van der Waals surface area contributed by atoms with E-state index in [0.717, 1.165) is 18.7 Å². The lowest BCUT2D eigenvalue weighted by molar-refractivity contribution is 0.602. The van der Waals surface area contributed by atoms with Gasteiger partial charge in [-0.3, -0.25) is 0 Å². The quantitative estimate of drug-likeness (QED) is 0.831. The minimum absolute atomic E-state index is 0.361. The molecule has 1 aromatic rings. The summed E-state index contributed by atoms with van der Waals surface area (Å²) >= 11 is 0. The van der Waals surface area contributed by atoms with Crippen molar-refractivity contribution in [3.05, 3.63) is 24.3 Å². The third kappa shape index (κ3) is 3.03. The van der Waals surface area contributed by atoms with Gasteiger partial charge in [0.25, 0.3) is 0 Å². The molecule has 0 aromatic heterocycles. The van der Waals surface area contributed by atoms with Gasteiger partial charge in [-0.2, -0.15) is 0 Å². The number of rotatable bonds is 4. The maximum atomic E-state index is 11.1. The summed E-state index contributed by atoms with van der Waals surface area (Å²) in [5.41, 5.74) is 0.958. The van der Waals surface area contributed by atoms with Crippen molar-refractivity contribution < 1.29 is 8.42 Å². The van der Waals surface area contributed by atoms with Gasteiger partial charge in [-0.15, -0.1) is 0 Å². The zero-order valence-corrected chi connectivity index (χ0v) is 9.26. The van der Waals surface area contributed by atoms with E-state index in [9.17, 15) is 8.42 Å². The molecular formula is C10H15NO2S. The first kappa shape index (κ1) is 11.0. The largest absolute Gasteiger partial charge is 0.385 e. The molecule has 0 heterocycles. The molecule has 0 amide bonds. The second-order valence-electron chi connectivity index (χ2n) is 3.22. The summed E-state index contributed by atoms with van der Waals surface area (Å²) < 4.78 is 22.3. The van der Waals surface area contributed by atoms with Crippen molar-refractivity contribution in [2.45, 2.75) is 18.2 Å². The van der Waals surface area contributed by atoms with Gasteiger partial charge in [0, 0.05) is 18.5 Å². The molecule has 1 rings (SSSR count). The van der Waals surface area contributed by atoms with E-state index in [-0.39, 0.29) is 0 Å². The Morgan fingerprint density at radius 2 is 1.79 bits per heavy atom. The Balaban J connectivity index is 2.79. The van der Waals surface area contributed by atoms with E-state index in [0.29, 0.717) is 4.90 Å². The number of hydrogen-bond donors (Lipinski definition) is 1. The third-order valence-electron chi connectivity index (χ3n) is 1.86. The fraction of sp³-hybridized carbons (Fsp3) is 0.400. The normalized spacial score (nSPS) is 11.3. The summed E-state index contributed by atoms with van der Waals surface area (Å²) in [6, 6.07) is 6.80. The highest BCUT2D eigenvalue weighted by Crippen LogP contribution is 2.13. The van der Waals surface area contributed by atoms with E-state index < -0.39 is 9.84 Å². The molecule has 1 N–H and O–H groups in total. The van der Waals surface area contributed by atoms with Crippen molar-refractivity contribution >= 4 is 15.5 Å². The number of hydrogen-bond acceptors (Lipinski definition) is 3. The van der Waals surface area contributed by atoms with Crippen LogP contribution in [0.25, 0.3) is 0 Å². The van der Waals surface area contributed by atoms with Crippen molar-refractivity contribution in [2.24, 2.45) is 0 Å². The first-order chi connectivity index (χ1) is 6.54. The molecule has 0 saturated heterocycles. The zero-order chi connectivity index (χ0) is 10.6. The highest BCUT2D eigenvalue weighted by atomic mass is 32.2. The summed E-state index contributed by atoms with van der Waals surface area (Å²) in [6.07, 6.45) is 2.26. The predicted octanol–water partition coefficient (Wildman–Crippen LogP) is 1.91. The molecule has 3 nitrogen and oxygen atoms in total. The van der Waals surface area contributed by atoms with Crippen LogP contribution in [0.1, 0.15) is 13.3 Å². The van der Waals surface area contributed by atoms with E-state index in [1.54, 1.807) is 24.3 Å². The first-order valence-corrected chi connectivity index (χ1v) is 6.47. The monoisotopic (exact) mass is 213 g/mol. The standard InChI is InChI=1S/C10H15NO2S/c1-3-8-11-9-4-6-10(7-5-9)14(2,12)13/h4-7,11H,3,8H2,1-2H3. The fourth-order valence-corrected chi connectivity index (χ4v) is 1.72. The van der Waals surface area contributed by atoms with Crippen molar-refractivity contribution in [1.82, 2.24) is 0 Å². The van der Waals surface area contributed by atoms with E-state index in [1.807, 2.05) is 0 Å². The summed E-state index contributed by atoms with van der Waals surface area (Å²) in [7, 11) is -3.07. The lowest BCUT2D eigenvalue weighted by Crippen LogP contribution is -2.01. The molecule has 0 aliphatic heterocycles. The maximum Gasteiger partial charge on any atom is 0.175 e. The molecule has 0 unspecified atom stereocenters. The zero-order valence-electron chi connectivity index (χ0n) is 8.45. The van der Waals surface area contributed by atoms with Crippen molar-refractivity contribution in [3.8, 4) is 0 Å². The fourth-order valence-electron chi connectivity index (χ4n) is 1.09. The van der Waals surface area contributed by atoms with Gasteiger partial charge in [0.2, 0.25) is 0 Å². The Morgan fingerprint density at radius 3 is 2.21 bits per heavy atom. The van der Waals surface area contributed by atoms with Crippen molar-refractivity contribution in [2.75, 3.05) is 18.1 Å². The second-order valence-corrected chi connectivity index (χ2v) is 5.24. The minimum atomic E-state index is -3.07. The van der Waals surface area contributed by atoms with Gasteiger partial charge in [-0.1, -0.05) is 6.92 Å². The second kappa shape index (κ2) is 4.46. The van der Waals surface area contributed by atoms with Crippen LogP contribution in [0, 0.1) is 0 Å². The first-order valence-electron chi connectivity index (χ1n) is 4.58. The third-order valence-corrected chi connectivity index (χ3v) is 2.99. The van der Waals surface area contributed by atoms with Gasteiger partial charge in [0.05, 0.1) is 4.90 Å². The van der Waals surface area contributed by atoms with Crippen LogP contribution in [-0.4, -0.2) is 21.2 Å². The van der Waals surface area contributed by atoms with E-state index in [1.165, 1.54) is 6.26 Å². The van der Waals surface area contributed by atoms with Crippen LogP contribution >= 0.6 is 0 Å². The Kier molecular flexibility index (Phi) is 3.52. The Labute approximate surface area is 85.1 Å². The number of benzene rings is 1. The topological polar surface area (TPSA) is 46.2 Å². The van der Waals surface area contributed by atoms with Gasteiger partial charge in [-0.05, 0) is 30.7 Å². The van der Waals surface area contributed by atoms with Crippen LogP contribution in [0.5, 0.6) is 0 Å². The minimum Gasteiger partial charge on any atom is -0.385 e. The molecule has 1 aromatic carbocycles. The Bertz CT molecular complexity index is 381. The molecule has 78 valence electrons. The smallest absolute Gasteiger partial charge is 0.175 e. The Morgan fingerprint density at radius 1 is 1.21 bits per heavy atom. The van der Waals surface area contributed by atoms with E-state index in [4.69, 9.17) is 0 Å². The van der Waals surface area contributed by atoms with Crippen molar-refractivity contribution in [3.63, 3.8) is 0 Å². The summed E-state index contributed by atoms with van der Waals surface area (Å²) in [6.45, 7) is 2.98. The number of nitrogens with one attached hydrogen (secondary N) is 1. The van der Waals surface area contributed by atoms with Gasteiger partial charge in [0.1, 0.15) is 0 Å². The lowest BCUT2D eigenvalue weighted by Gasteiger charge is -2.04. The molecular weight excluding hydrogens is 198 g/mol. The molecule has 0 radical (unpaired) electrons. The molecule has 0 aliphatic rings. The van der Waals surface area contributed by atoms with Crippen LogP contribution in [0.2, 0.25) is 0 Å². The predicted molar refractivity (Wildman–Crippen MR) is 58.3 cm³/mol.